The highest BCUT2D eigenvalue weighted by Gasteiger charge is 2.15. The molecule has 1 aromatic rings. The van der Waals surface area contributed by atoms with Crippen molar-refractivity contribution in [2.45, 2.75) is 18.9 Å². The molecule has 0 aromatic heterocycles. The van der Waals surface area contributed by atoms with Crippen LogP contribution in [0, 0.1) is 0 Å². The van der Waals surface area contributed by atoms with Crippen LogP contribution in [0.25, 0.3) is 0 Å². The van der Waals surface area contributed by atoms with Gasteiger partial charge in [-0.2, -0.15) is 0 Å². The highest BCUT2D eigenvalue weighted by atomic mass is 16.5. The zero-order valence-corrected chi connectivity index (χ0v) is 12.1. The van der Waals surface area contributed by atoms with E-state index in [4.69, 9.17) is 4.74 Å². The Morgan fingerprint density at radius 3 is 2.71 bits per heavy atom. The van der Waals surface area contributed by atoms with Crippen LogP contribution in [0.3, 0.4) is 0 Å². The van der Waals surface area contributed by atoms with E-state index in [1.807, 2.05) is 0 Å². The molecule has 0 bridgehead atoms. The molecule has 114 valence electrons. The van der Waals surface area contributed by atoms with E-state index in [1.54, 1.807) is 24.3 Å². The lowest BCUT2D eigenvalue weighted by Crippen LogP contribution is -2.33. The van der Waals surface area contributed by atoms with Crippen molar-refractivity contribution in [3.63, 3.8) is 0 Å². The van der Waals surface area contributed by atoms with Crippen LogP contribution in [0.15, 0.2) is 24.3 Å². The fourth-order valence-corrected chi connectivity index (χ4v) is 2.16. The molecular weight excluding hydrogens is 272 g/mol. The lowest BCUT2D eigenvalue weighted by molar-refractivity contribution is -0.115. The summed E-state index contributed by atoms with van der Waals surface area (Å²) in [5.74, 6) is -0.523. The van der Waals surface area contributed by atoms with E-state index >= 15 is 0 Å². The maximum Gasteiger partial charge on any atom is 0.337 e. The number of rotatable bonds is 6. The first-order valence-corrected chi connectivity index (χ1v) is 6.99. The van der Waals surface area contributed by atoms with Gasteiger partial charge in [-0.3, -0.25) is 4.79 Å². The summed E-state index contributed by atoms with van der Waals surface area (Å²) in [7, 11) is 1.33. The summed E-state index contributed by atoms with van der Waals surface area (Å²) in [6, 6.07) is 6.57. The topological polar surface area (TPSA) is 76.7 Å². The normalized spacial score (nSPS) is 17.5. The monoisotopic (exact) mass is 292 g/mol. The first-order valence-electron chi connectivity index (χ1n) is 6.99. The highest BCUT2D eigenvalue weighted by Crippen LogP contribution is 2.11. The van der Waals surface area contributed by atoms with Gasteiger partial charge in [0.25, 0.3) is 0 Å². The molecule has 1 heterocycles. The summed E-state index contributed by atoms with van der Waals surface area (Å²) in [5.41, 5.74) is 1.10. The number of ether oxygens (including phenoxy) is 2. The van der Waals surface area contributed by atoms with Crippen molar-refractivity contribution < 1.29 is 19.1 Å². The molecule has 6 nitrogen and oxygen atoms in total. The number of hydrogen-bond donors (Lipinski definition) is 2. The van der Waals surface area contributed by atoms with E-state index in [9.17, 15) is 9.59 Å². The Balaban J connectivity index is 1.72. The predicted molar refractivity (Wildman–Crippen MR) is 78.3 cm³/mol. The molecule has 2 N–H and O–H groups in total. The Bertz CT molecular complexity index is 481. The van der Waals surface area contributed by atoms with Gasteiger partial charge in [0, 0.05) is 18.8 Å². The Labute approximate surface area is 123 Å². The third kappa shape index (κ3) is 4.84. The molecule has 1 aromatic carbocycles. The highest BCUT2D eigenvalue weighted by molar-refractivity contribution is 5.93. The summed E-state index contributed by atoms with van der Waals surface area (Å²) in [6.07, 6.45) is 2.35. The Hall–Kier alpha value is -1.92. The first-order chi connectivity index (χ1) is 10.2. The van der Waals surface area contributed by atoms with Crippen molar-refractivity contribution in [3.05, 3.63) is 29.8 Å². The predicted octanol–water partition coefficient (Wildman–Crippen LogP) is 1.18. The van der Waals surface area contributed by atoms with E-state index in [1.165, 1.54) is 7.11 Å². The average molecular weight is 292 g/mol. The minimum Gasteiger partial charge on any atom is -0.465 e. The molecule has 2 rings (SSSR count). The van der Waals surface area contributed by atoms with Crippen molar-refractivity contribution in [1.29, 1.82) is 0 Å². The first kappa shape index (κ1) is 15.5. The maximum absolute atomic E-state index is 11.8. The second kappa shape index (κ2) is 7.75. The second-order valence-corrected chi connectivity index (χ2v) is 4.88. The molecule has 1 aliphatic rings. The standard InChI is InChI=1S/C15H20N2O4/c1-20-15(19)11-4-6-12(7-5-11)17-14(18)10-16-9-13-3-2-8-21-13/h4-7,13,16H,2-3,8-10H2,1H3,(H,17,18). The third-order valence-electron chi connectivity index (χ3n) is 3.27. The molecule has 0 saturated carbocycles. The Morgan fingerprint density at radius 2 is 2.10 bits per heavy atom. The van der Waals surface area contributed by atoms with E-state index in [0.29, 0.717) is 17.8 Å². The molecule has 1 atom stereocenters. The van der Waals surface area contributed by atoms with Crippen molar-refractivity contribution in [3.8, 4) is 0 Å². The fourth-order valence-electron chi connectivity index (χ4n) is 2.16. The van der Waals surface area contributed by atoms with Crippen LogP contribution in [0.4, 0.5) is 5.69 Å². The number of carbonyl (C=O) groups is 2. The van der Waals surface area contributed by atoms with Crippen LogP contribution in [0.1, 0.15) is 23.2 Å². The lowest BCUT2D eigenvalue weighted by atomic mass is 10.2. The van der Waals surface area contributed by atoms with Gasteiger partial charge >= 0.3 is 5.97 Å². The van der Waals surface area contributed by atoms with Gasteiger partial charge in [0.2, 0.25) is 5.91 Å². The summed E-state index contributed by atoms with van der Waals surface area (Å²) >= 11 is 0. The Morgan fingerprint density at radius 1 is 1.33 bits per heavy atom. The smallest absolute Gasteiger partial charge is 0.337 e. The van der Waals surface area contributed by atoms with Crippen LogP contribution in [0.2, 0.25) is 0 Å². The lowest BCUT2D eigenvalue weighted by Gasteiger charge is -2.11. The van der Waals surface area contributed by atoms with E-state index in [2.05, 4.69) is 15.4 Å². The summed E-state index contributed by atoms with van der Waals surface area (Å²) in [4.78, 5) is 23.0. The van der Waals surface area contributed by atoms with Crippen molar-refractivity contribution in [2.24, 2.45) is 0 Å². The number of hydrogen-bond acceptors (Lipinski definition) is 5. The minimum atomic E-state index is -0.397. The molecule has 0 radical (unpaired) electrons. The maximum atomic E-state index is 11.8. The van der Waals surface area contributed by atoms with Crippen LogP contribution in [-0.2, 0) is 14.3 Å². The van der Waals surface area contributed by atoms with Gasteiger partial charge in [-0.1, -0.05) is 0 Å². The van der Waals surface area contributed by atoms with Gasteiger partial charge in [0.05, 0.1) is 25.3 Å². The minimum absolute atomic E-state index is 0.126. The van der Waals surface area contributed by atoms with Gasteiger partial charge in [-0.05, 0) is 37.1 Å². The molecule has 1 saturated heterocycles. The van der Waals surface area contributed by atoms with Gasteiger partial charge in [0.1, 0.15) is 0 Å². The number of nitrogens with one attached hydrogen (secondary N) is 2. The molecule has 1 fully saturated rings. The number of esters is 1. The summed E-state index contributed by atoms with van der Waals surface area (Å²) in [5, 5.41) is 5.83. The van der Waals surface area contributed by atoms with Crippen LogP contribution in [0.5, 0.6) is 0 Å². The average Bonchev–Trinajstić information content (AvgIpc) is 3.00. The number of anilines is 1. The van der Waals surface area contributed by atoms with Gasteiger partial charge < -0.3 is 20.1 Å². The van der Waals surface area contributed by atoms with E-state index < -0.39 is 5.97 Å². The van der Waals surface area contributed by atoms with Gasteiger partial charge in [-0.25, -0.2) is 4.79 Å². The fraction of sp³-hybridized carbons (Fsp3) is 0.467. The molecule has 1 unspecified atom stereocenters. The van der Waals surface area contributed by atoms with E-state index in [-0.39, 0.29) is 18.6 Å². The SMILES string of the molecule is COC(=O)c1ccc(NC(=O)CNCC2CCCO2)cc1. The summed E-state index contributed by atoms with van der Waals surface area (Å²) < 4.78 is 10.1. The molecular formula is C15H20N2O4. The van der Waals surface area contributed by atoms with Gasteiger partial charge in [0.15, 0.2) is 0 Å². The summed E-state index contributed by atoms with van der Waals surface area (Å²) in [6.45, 7) is 1.73. The molecule has 0 spiro atoms. The van der Waals surface area contributed by atoms with Crippen molar-refractivity contribution >= 4 is 17.6 Å². The molecule has 1 aliphatic heterocycles. The van der Waals surface area contributed by atoms with Crippen LogP contribution in [-0.4, -0.2) is 44.8 Å². The van der Waals surface area contributed by atoms with Crippen molar-refractivity contribution in [2.75, 3.05) is 32.1 Å². The van der Waals surface area contributed by atoms with Crippen LogP contribution >= 0.6 is 0 Å². The Kier molecular flexibility index (Phi) is 5.71. The second-order valence-electron chi connectivity index (χ2n) is 4.88. The third-order valence-corrected chi connectivity index (χ3v) is 3.27. The quantitative estimate of drug-likeness (QED) is 0.770. The number of benzene rings is 1. The number of carbonyl (C=O) groups excluding carboxylic acids is 2. The van der Waals surface area contributed by atoms with Crippen molar-refractivity contribution in [1.82, 2.24) is 5.32 Å². The molecule has 0 aliphatic carbocycles. The zero-order valence-electron chi connectivity index (χ0n) is 12.1. The number of methoxy groups -OCH3 is 1. The van der Waals surface area contributed by atoms with Gasteiger partial charge in [-0.15, -0.1) is 0 Å². The largest absolute Gasteiger partial charge is 0.465 e. The van der Waals surface area contributed by atoms with E-state index in [0.717, 1.165) is 19.4 Å². The molecule has 21 heavy (non-hydrogen) atoms. The molecule has 6 heteroatoms. The number of amides is 1. The zero-order chi connectivity index (χ0) is 15.1. The molecule has 1 amide bonds. The van der Waals surface area contributed by atoms with Crippen LogP contribution < -0.4 is 10.6 Å².